The van der Waals surface area contributed by atoms with Gasteiger partial charge >= 0.3 is 5.69 Å². The zero-order chi connectivity index (χ0) is 14.0. The second-order valence-electron chi connectivity index (χ2n) is 5.34. The van der Waals surface area contributed by atoms with Gasteiger partial charge in [0.15, 0.2) is 0 Å². The smallest absolute Gasteiger partial charge is 0.330 e. The molecule has 0 saturated carbocycles. The summed E-state index contributed by atoms with van der Waals surface area (Å²) in [5.41, 5.74) is 4.05. The molecule has 0 saturated heterocycles. The van der Waals surface area contributed by atoms with E-state index in [0.717, 1.165) is 11.4 Å². The first kappa shape index (κ1) is 11.3. The third-order valence-electron chi connectivity index (χ3n) is 4.14. The van der Waals surface area contributed by atoms with Crippen LogP contribution in [0.4, 0.5) is 22.9 Å². The van der Waals surface area contributed by atoms with E-state index >= 15 is 0 Å². The van der Waals surface area contributed by atoms with Gasteiger partial charge < -0.3 is 10.2 Å². The van der Waals surface area contributed by atoms with Gasteiger partial charge in [-0.2, -0.15) is 0 Å². The Kier molecular flexibility index (Phi) is 2.00. The van der Waals surface area contributed by atoms with Crippen molar-refractivity contribution in [1.82, 2.24) is 9.55 Å². The maximum Gasteiger partial charge on any atom is 0.330 e. The van der Waals surface area contributed by atoms with E-state index in [9.17, 15) is 9.59 Å². The Morgan fingerprint density at radius 2 is 1.85 bits per heavy atom. The predicted octanol–water partition coefficient (Wildman–Crippen LogP) is 1.36. The van der Waals surface area contributed by atoms with E-state index in [1.54, 1.807) is 4.57 Å². The van der Waals surface area contributed by atoms with Crippen LogP contribution < -0.4 is 21.5 Å². The summed E-state index contributed by atoms with van der Waals surface area (Å²) in [5, 5.41) is 3.17. The number of rotatable bonds is 0. The average molecular weight is 270 g/mol. The number of aromatic amines is 1. The zero-order valence-electron chi connectivity index (χ0n) is 11.3. The van der Waals surface area contributed by atoms with Crippen LogP contribution in [-0.4, -0.2) is 16.1 Å². The van der Waals surface area contributed by atoms with E-state index in [-0.39, 0.29) is 11.2 Å². The second-order valence-corrected chi connectivity index (χ2v) is 5.34. The molecule has 0 amide bonds. The maximum absolute atomic E-state index is 12.0. The molecule has 20 heavy (non-hydrogen) atoms. The third kappa shape index (κ3) is 1.28. The first-order valence-electron chi connectivity index (χ1n) is 6.59. The molecule has 0 aliphatic carbocycles. The van der Waals surface area contributed by atoms with E-state index in [4.69, 9.17) is 0 Å². The molecule has 6 heteroatoms. The van der Waals surface area contributed by atoms with Crippen molar-refractivity contribution in [2.24, 2.45) is 0 Å². The van der Waals surface area contributed by atoms with Gasteiger partial charge in [0.2, 0.25) is 0 Å². The molecule has 0 spiro atoms. The van der Waals surface area contributed by atoms with Crippen LogP contribution in [0.2, 0.25) is 0 Å². The molecule has 0 atom stereocenters. The van der Waals surface area contributed by atoms with Crippen LogP contribution >= 0.6 is 0 Å². The summed E-state index contributed by atoms with van der Waals surface area (Å²) in [5.74, 6) is 0.675. The highest BCUT2D eigenvalue weighted by molar-refractivity contribution is 5.91. The number of hydrogen-bond donors (Lipinski definition) is 2. The van der Waals surface area contributed by atoms with Gasteiger partial charge in [0, 0.05) is 13.1 Å². The van der Waals surface area contributed by atoms with Crippen molar-refractivity contribution in [3.05, 3.63) is 44.1 Å². The summed E-state index contributed by atoms with van der Waals surface area (Å²) in [6, 6.07) is 4.14. The van der Waals surface area contributed by atoms with E-state index in [1.807, 2.05) is 17.9 Å². The summed E-state index contributed by atoms with van der Waals surface area (Å²) in [7, 11) is 0. The number of anilines is 4. The monoisotopic (exact) mass is 270 g/mol. The summed E-state index contributed by atoms with van der Waals surface area (Å²) < 4.78 is 1.61. The number of hydrogen-bond acceptors (Lipinski definition) is 4. The quantitative estimate of drug-likeness (QED) is 0.758. The summed E-state index contributed by atoms with van der Waals surface area (Å²) in [4.78, 5) is 28.3. The van der Waals surface area contributed by atoms with Crippen LogP contribution in [0.25, 0.3) is 0 Å². The fourth-order valence-electron chi connectivity index (χ4n) is 2.96. The van der Waals surface area contributed by atoms with Gasteiger partial charge in [-0.3, -0.25) is 14.3 Å². The lowest BCUT2D eigenvalue weighted by Crippen LogP contribution is -2.32. The largest absolute Gasteiger partial charge is 0.346 e. The average Bonchev–Trinajstić information content (AvgIpc) is 2.83. The van der Waals surface area contributed by atoms with Gasteiger partial charge in [0.25, 0.3) is 5.56 Å². The normalized spacial score (nSPS) is 14.8. The van der Waals surface area contributed by atoms with Crippen LogP contribution in [-0.2, 0) is 6.54 Å². The predicted molar refractivity (Wildman–Crippen MR) is 77.5 cm³/mol. The molecule has 6 nitrogen and oxygen atoms in total. The number of H-pyrrole nitrogens is 1. The molecule has 4 rings (SSSR count). The van der Waals surface area contributed by atoms with E-state index in [2.05, 4.69) is 23.3 Å². The molecule has 2 aliphatic rings. The Bertz CT molecular complexity index is 863. The van der Waals surface area contributed by atoms with E-state index in [1.165, 1.54) is 11.1 Å². The molecular weight excluding hydrogens is 256 g/mol. The summed E-state index contributed by atoms with van der Waals surface area (Å²) >= 11 is 0. The van der Waals surface area contributed by atoms with Gasteiger partial charge in [-0.25, -0.2) is 4.79 Å². The van der Waals surface area contributed by atoms with Crippen molar-refractivity contribution >= 4 is 22.9 Å². The van der Waals surface area contributed by atoms with Crippen molar-refractivity contribution in [1.29, 1.82) is 0 Å². The Balaban J connectivity index is 2.06. The minimum atomic E-state index is -0.364. The van der Waals surface area contributed by atoms with Crippen molar-refractivity contribution in [3.8, 4) is 0 Å². The number of nitrogens with zero attached hydrogens (tertiary/aromatic N) is 2. The molecular formula is C14H14N4O2. The lowest BCUT2D eigenvalue weighted by atomic mass is 10.1. The van der Waals surface area contributed by atoms with Crippen molar-refractivity contribution in [2.75, 3.05) is 16.8 Å². The molecule has 3 heterocycles. The Labute approximate surface area is 114 Å². The maximum atomic E-state index is 12.0. The second kappa shape index (κ2) is 3.53. The first-order valence-corrected chi connectivity index (χ1v) is 6.59. The van der Waals surface area contributed by atoms with Gasteiger partial charge in [0.05, 0.1) is 11.4 Å². The van der Waals surface area contributed by atoms with Crippen LogP contribution in [0, 0.1) is 13.8 Å². The minimum absolute atomic E-state index is 0.342. The lowest BCUT2D eigenvalue weighted by molar-refractivity contribution is 0.736. The number of aryl methyl sites for hydroxylation is 2. The highest BCUT2D eigenvalue weighted by Gasteiger charge is 2.32. The first-order chi connectivity index (χ1) is 9.56. The Morgan fingerprint density at radius 1 is 1.10 bits per heavy atom. The minimum Gasteiger partial charge on any atom is -0.346 e. The van der Waals surface area contributed by atoms with Crippen LogP contribution in [0.3, 0.4) is 0 Å². The Morgan fingerprint density at radius 3 is 2.65 bits per heavy atom. The molecule has 0 fully saturated rings. The van der Waals surface area contributed by atoms with E-state index in [0.29, 0.717) is 24.6 Å². The standard InChI is InChI=1S/C14H14N4O2/c1-7-5-9-10(6-8(7)2)17-3-4-18-13(17)11(15-9)12(19)16-14(18)20/h5-6,15H,3-4H2,1-2H3,(H,16,19,20). The van der Waals surface area contributed by atoms with Gasteiger partial charge in [-0.15, -0.1) is 0 Å². The molecule has 0 radical (unpaired) electrons. The molecule has 2 aromatic rings. The highest BCUT2D eigenvalue weighted by atomic mass is 16.2. The SMILES string of the molecule is Cc1cc2c(cc1C)N1CCn3c1c(c(=O)[nH]c3=O)N2. The Hall–Kier alpha value is -2.50. The molecule has 2 aliphatic heterocycles. The molecule has 0 bridgehead atoms. The number of nitrogens with one attached hydrogen (secondary N) is 2. The molecule has 0 unspecified atom stereocenters. The van der Waals surface area contributed by atoms with Crippen molar-refractivity contribution in [3.63, 3.8) is 0 Å². The number of aromatic nitrogens is 2. The molecule has 1 aromatic heterocycles. The summed E-state index contributed by atoms with van der Waals surface area (Å²) in [6.45, 7) is 5.40. The third-order valence-corrected chi connectivity index (χ3v) is 4.14. The fourth-order valence-corrected chi connectivity index (χ4v) is 2.96. The lowest BCUT2D eigenvalue weighted by Gasteiger charge is -2.29. The van der Waals surface area contributed by atoms with Gasteiger partial charge in [-0.05, 0) is 37.1 Å². The zero-order valence-corrected chi connectivity index (χ0v) is 11.3. The van der Waals surface area contributed by atoms with E-state index < -0.39 is 0 Å². The van der Waals surface area contributed by atoms with Gasteiger partial charge in [0.1, 0.15) is 11.5 Å². The van der Waals surface area contributed by atoms with Crippen molar-refractivity contribution < 1.29 is 0 Å². The van der Waals surface area contributed by atoms with Crippen LogP contribution in [0.5, 0.6) is 0 Å². The molecule has 2 N–H and O–H groups in total. The van der Waals surface area contributed by atoms with Gasteiger partial charge in [-0.1, -0.05) is 0 Å². The summed E-state index contributed by atoms with van der Waals surface area (Å²) in [6.07, 6.45) is 0. The number of benzene rings is 1. The molecule has 102 valence electrons. The fraction of sp³-hybridized carbons (Fsp3) is 0.286. The number of fused-ring (bicyclic) bond motifs is 2. The van der Waals surface area contributed by atoms with Crippen molar-refractivity contribution in [2.45, 2.75) is 20.4 Å². The van der Waals surface area contributed by atoms with Crippen LogP contribution in [0.1, 0.15) is 11.1 Å². The van der Waals surface area contributed by atoms with Crippen LogP contribution in [0.15, 0.2) is 21.7 Å². The molecule has 1 aromatic carbocycles. The topological polar surface area (TPSA) is 70.1 Å². The highest BCUT2D eigenvalue weighted by Crippen LogP contribution is 2.44.